The van der Waals surface area contributed by atoms with E-state index in [0.717, 1.165) is 17.0 Å². The molecule has 2 nitrogen and oxygen atoms in total. The van der Waals surface area contributed by atoms with E-state index in [1.165, 1.54) is 29.8 Å². The quantitative estimate of drug-likeness (QED) is 0.842. The summed E-state index contributed by atoms with van der Waals surface area (Å²) < 4.78 is 0. The molecule has 0 bridgehead atoms. The number of anilines is 1. The lowest BCUT2D eigenvalue weighted by Gasteiger charge is -2.31. The molecule has 90 valence electrons. The van der Waals surface area contributed by atoms with Gasteiger partial charge in [0.05, 0.1) is 5.69 Å². The molecule has 1 aromatic heterocycles. The van der Waals surface area contributed by atoms with Crippen molar-refractivity contribution in [2.24, 2.45) is 11.8 Å². The molecule has 2 atom stereocenters. The van der Waals surface area contributed by atoms with E-state index in [-0.39, 0.29) is 0 Å². The summed E-state index contributed by atoms with van der Waals surface area (Å²) in [5, 5.41) is 4.72. The highest BCUT2D eigenvalue weighted by molar-refractivity contribution is 7.15. The highest BCUT2D eigenvalue weighted by Gasteiger charge is 2.24. The molecule has 2 rings (SSSR count). The number of aromatic nitrogens is 1. The Balaban J connectivity index is 1.98. The van der Waals surface area contributed by atoms with Crippen LogP contribution in [0.4, 0.5) is 5.13 Å². The SMILES string of the molecule is Cc1nc(NC2CC(C)CC(C)C2)sc1C. The molecule has 2 unspecified atom stereocenters. The van der Waals surface area contributed by atoms with Gasteiger partial charge >= 0.3 is 0 Å². The van der Waals surface area contributed by atoms with E-state index in [4.69, 9.17) is 0 Å². The summed E-state index contributed by atoms with van der Waals surface area (Å²) in [6, 6.07) is 0.628. The van der Waals surface area contributed by atoms with Crippen molar-refractivity contribution in [2.75, 3.05) is 5.32 Å². The number of rotatable bonds is 2. The molecule has 0 aliphatic heterocycles. The standard InChI is InChI=1S/C13H22N2S/c1-8-5-9(2)7-12(6-8)15-13-14-10(3)11(4)16-13/h8-9,12H,5-7H2,1-4H3,(H,14,15). The first-order valence-electron chi connectivity index (χ1n) is 6.25. The Morgan fingerprint density at radius 1 is 1.12 bits per heavy atom. The number of aryl methyl sites for hydroxylation is 2. The van der Waals surface area contributed by atoms with Crippen molar-refractivity contribution < 1.29 is 0 Å². The van der Waals surface area contributed by atoms with Crippen LogP contribution in [0, 0.1) is 25.7 Å². The minimum absolute atomic E-state index is 0.628. The fraction of sp³-hybridized carbons (Fsp3) is 0.769. The average molecular weight is 238 g/mol. The van der Waals surface area contributed by atoms with Crippen LogP contribution in [0.1, 0.15) is 43.7 Å². The van der Waals surface area contributed by atoms with Crippen LogP contribution in [0.15, 0.2) is 0 Å². The lowest BCUT2D eigenvalue weighted by atomic mass is 9.80. The Morgan fingerprint density at radius 3 is 2.25 bits per heavy atom. The molecular weight excluding hydrogens is 216 g/mol. The molecule has 0 amide bonds. The van der Waals surface area contributed by atoms with Crippen molar-refractivity contribution in [3.63, 3.8) is 0 Å². The average Bonchev–Trinajstić information content (AvgIpc) is 2.43. The van der Waals surface area contributed by atoms with Crippen LogP contribution in [0.5, 0.6) is 0 Å². The lowest BCUT2D eigenvalue weighted by molar-refractivity contribution is 0.281. The fourth-order valence-electron chi connectivity index (χ4n) is 2.77. The zero-order chi connectivity index (χ0) is 11.7. The highest BCUT2D eigenvalue weighted by atomic mass is 32.1. The van der Waals surface area contributed by atoms with Gasteiger partial charge in [-0.25, -0.2) is 4.98 Å². The maximum Gasteiger partial charge on any atom is 0.183 e. The summed E-state index contributed by atoms with van der Waals surface area (Å²) in [6.45, 7) is 8.96. The summed E-state index contributed by atoms with van der Waals surface area (Å²) in [5.74, 6) is 1.70. The third-order valence-corrected chi connectivity index (χ3v) is 4.54. The Morgan fingerprint density at radius 2 is 1.75 bits per heavy atom. The van der Waals surface area contributed by atoms with Gasteiger partial charge in [0.2, 0.25) is 0 Å². The van der Waals surface area contributed by atoms with E-state index in [1.54, 1.807) is 11.3 Å². The second-order valence-electron chi connectivity index (χ2n) is 5.42. The number of nitrogens with zero attached hydrogens (tertiary/aromatic N) is 1. The van der Waals surface area contributed by atoms with Crippen LogP contribution in [-0.2, 0) is 0 Å². The first-order valence-corrected chi connectivity index (χ1v) is 7.06. The van der Waals surface area contributed by atoms with E-state index in [0.29, 0.717) is 6.04 Å². The van der Waals surface area contributed by atoms with Crippen molar-refractivity contribution >= 4 is 16.5 Å². The first-order chi connectivity index (χ1) is 7.54. The topological polar surface area (TPSA) is 24.9 Å². The van der Waals surface area contributed by atoms with Crippen LogP contribution in [-0.4, -0.2) is 11.0 Å². The molecule has 1 heterocycles. The van der Waals surface area contributed by atoms with E-state index >= 15 is 0 Å². The maximum absolute atomic E-state index is 4.56. The summed E-state index contributed by atoms with van der Waals surface area (Å²) in [6.07, 6.45) is 3.97. The molecular formula is C13H22N2S. The minimum Gasteiger partial charge on any atom is -0.359 e. The fourth-order valence-corrected chi connectivity index (χ4v) is 3.67. The normalized spacial score (nSPS) is 30.4. The van der Waals surface area contributed by atoms with Gasteiger partial charge in [0.25, 0.3) is 0 Å². The van der Waals surface area contributed by atoms with Gasteiger partial charge in [-0.2, -0.15) is 0 Å². The molecule has 1 aliphatic carbocycles. The van der Waals surface area contributed by atoms with Gasteiger partial charge in [0.15, 0.2) is 5.13 Å². The van der Waals surface area contributed by atoms with Crippen LogP contribution in [0.25, 0.3) is 0 Å². The largest absolute Gasteiger partial charge is 0.359 e. The van der Waals surface area contributed by atoms with Crippen molar-refractivity contribution in [3.05, 3.63) is 10.6 Å². The zero-order valence-electron chi connectivity index (χ0n) is 10.7. The summed E-state index contributed by atoms with van der Waals surface area (Å²) >= 11 is 1.79. The van der Waals surface area contributed by atoms with Crippen LogP contribution in [0.3, 0.4) is 0 Å². The molecule has 0 aromatic carbocycles. The molecule has 0 spiro atoms. The van der Waals surface area contributed by atoms with Gasteiger partial charge in [-0.05, 0) is 44.9 Å². The van der Waals surface area contributed by atoms with Crippen molar-refractivity contribution in [2.45, 2.75) is 53.0 Å². The van der Waals surface area contributed by atoms with Crippen molar-refractivity contribution in [1.82, 2.24) is 4.98 Å². The Bertz CT molecular complexity index is 329. The predicted molar refractivity (Wildman–Crippen MR) is 71.2 cm³/mol. The minimum atomic E-state index is 0.628. The van der Waals surface area contributed by atoms with Gasteiger partial charge < -0.3 is 5.32 Å². The smallest absolute Gasteiger partial charge is 0.183 e. The monoisotopic (exact) mass is 238 g/mol. The Kier molecular flexibility index (Phi) is 3.53. The van der Waals surface area contributed by atoms with E-state index in [1.807, 2.05) is 0 Å². The third-order valence-electron chi connectivity index (χ3n) is 3.53. The Labute approximate surface area is 102 Å². The summed E-state index contributed by atoms with van der Waals surface area (Å²) in [7, 11) is 0. The second kappa shape index (κ2) is 4.74. The van der Waals surface area contributed by atoms with Crippen LogP contribution >= 0.6 is 11.3 Å². The zero-order valence-corrected chi connectivity index (χ0v) is 11.5. The Hall–Kier alpha value is -0.570. The van der Waals surface area contributed by atoms with Gasteiger partial charge in [-0.3, -0.25) is 0 Å². The molecule has 1 saturated carbocycles. The van der Waals surface area contributed by atoms with Gasteiger partial charge in [-0.15, -0.1) is 11.3 Å². The molecule has 0 radical (unpaired) electrons. The summed E-state index contributed by atoms with van der Waals surface area (Å²) in [5.41, 5.74) is 1.17. The molecule has 16 heavy (non-hydrogen) atoms. The number of hydrogen-bond acceptors (Lipinski definition) is 3. The van der Waals surface area contributed by atoms with Crippen LogP contribution in [0.2, 0.25) is 0 Å². The van der Waals surface area contributed by atoms with Crippen LogP contribution < -0.4 is 5.32 Å². The van der Waals surface area contributed by atoms with E-state index in [9.17, 15) is 0 Å². The van der Waals surface area contributed by atoms with E-state index < -0.39 is 0 Å². The van der Waals surface area contributed by atoms with Gasteiger partial charge in [0, 0.05) is 10.9 Å². The second-order valence-corrected chi connectivity index (χ2v) is 6.62. The molecule has 3 heteroatoms. The highest BCUT2D eigenvalue weighted by Crippen LogP contribution is 2.31. The number of hydrogen-bond donors (Lipinski definition) is 1. The lowest BCUT2D eigenvalue weighted by Crippen LogP contribution is -2.30. The van der Waals surface area contributed by atoms with Gasteiger partial charge in [-0.1, -0.05) is 13.8 Å². The summed E-state index contributed by atoms with van der Waals surface area (Å²) in [4.78, 5) is 5.89. The molecule has 1 aliphatic rings. The molecule has 1 fully saturated rings. The van der Waals surface area contributed by atoms with E-state index in [2.05, 4.69) is 38.0 Å². The molecule has 1 aromatic rings. The van der Waals surface area contributed by atoms with Crippen molar-refractivity contribution in [1.29, 1.82) is 0 Å². The van der Waals surface area contributed by atoms with Gasteiger partial charge in [0.1, 0.15) is 0 Å². The third kappa shape index (κ3) is 2.76. The van der Waals surface area contributed by atoms with Crippen molar-refractivity contribution in [3.8, 4) is 0 Å². The predicted octanol–water partition coefficient (Wildman–Crippen LogP) is 4.00. The molecule has 0 saturated heterocycles. The molecule has 1 N–H and O–H groups in total. The first kappa shape index (κ1) is 11.9. The number of thiazole rings is 1. The maximum atomic E-state index is 4.56. The number of nitrogens with one attached hydrogen (secondary N) is 1.